The third kappa shape index (κ3) is 1.74. The van der Waals surface area contributed by atoms with E-state index in [2.05, 4.69) is 4.99 Å². The molecular formula is C12H13NO. The van der Waals surface area contributed by atoms with Gasteiger partial charge in [0, 0.05) is 24.6 Å². The summed E-state index contributed by atoms with van der Waals surface area (Å²) < 4.78 is 0. The van der Waals surface area contributed by atoms with Crippen molar-refractivity contribution < 1.29 is 4.79 Å². The highest BCUT2D eigenvalue weighted by molar-refractivity contribution is 6.04. The van der Waals surface area contributed by atoms with Crippen LogP contribution in [0, 0.1) is 5.92 Å². The molecule has 1 aromatic carbocycles. The second-order valence-corrected chi connectivity index (χ2v) is 3.67. The van der Waals surface area contributed by atoms with E-state index >= 15 is 0 Å². The predicted octanol–water partition coefficient (Wildman–Crippen LogP) is 2.08. The minimum Gasteiger partial charge on any atom is -0.300 e. The molecule has 0 saturated carbocycles. The van der Waals surface area contributed by atoms with Crippen LogP contribution in [-0.2, 0) is 4.79 Å². The number of ketones is 1. The summed E-state index contributed by atoms with van der Waals surface area (Å²) in [5.41, 5.74) is 2.22. The van der Waals surface area contributed by atoms with Crippen LogP contribution in [0.25, 0.3) is 0 Å². The summed E-state index contributed by atoms with van der Waals surface area (Å²) in [6.07, 6.45) is 0.805. The van der Waals surface area contributed by atoms with Gasteiger partial charge in [0.25, 0.3) is 0 Å². The lowest BCUT2D eigenvalue weighted by atomic mass is 9.98. The van der Waals surface area contributed by atoms with Gasteiger partial charge in [0.15, 0.2) is 0 Å². The zero-order valence-electron chi connectivity index (χ0n) is 8.23. The van der Waals surface area contributed by atoms with Crippen LogP contribution in [0.3, 0.4) is 0 Å². The summed E-state index contributed by atoms with van der Waals surface area (Å²) >= 11 is 0. The quantitative estimate of drug-likeness (QED) is 0.697. The molecule has 2 nitrogen and oxygen atoms in total. The summed E-state index contributed by atoms with van der Waals surface area (Å²) in [7, 11) is 0. The number of aliphatic imine (C=N–C) groups is 1. The molecule has 0 saturated heterocycles. The number of Topliss-reactive ketones (excluding diaryl/α,β-unsaturated/α-hetero) is 1. The average Bonchev–Trinajstić information content (AvgIpc) is 2.68. The van der Waals surface area contributed by atoms with Crippen LogP contribution in [0.15, 0.2) is 35.3 Å². The van der Waals surface area contributed by atoms with E-state index in [1.807, 2.05) is 30.3 Å². The van der Waals surface area contributed by atoms with Gasteiger partial charge in [-0.05, 0) is 12.5 Å². The Labute approximate surface area is 83.7 Å². The Kier molecular flexibility index (Phi) is 2.44. The van der Waals surface area contributed by atoms with E-state index in [1.165, 1.54) is 0 Å². The first-order chi connectivity index (χ1) is 6.77. The van der Waals surface area contributed by atoms with Crippen molar-refractivity contribution in [2.24, 2.45) is 10.9 Å². The SMILES string of the molecule is CC(=O)C1CN=C(c2ccccc2)C1. The molecule has 0 spiro atoms. The summed E-state index contributed by atoms with van der Waals surface area (Å²) in [5, 5.41) is 0. The lowest BCUT2D eigenvalue weighted by Gasteiger charge is -2.02. The van der Waals surface area contributed by atoms with Gasteiger partial charge in [-0.1, -0.05) is 30.3 Å². The summed E-state index contributed by atoms with van der Waals surface area (Å²) in [6, 6.07) is 10.1. The van der Waals surface area contributed by atoms with Gasteiger partial charge in [0.1, 0.15) is 5.78 Å². The molecule has 0 N–H and O–H groups in total. The average molecular weight is 187 g/mol. The highest BCUT2D eigenvalue weighted by Crippen LogP contribution is 2.19. The summed E-state index contributed by atoms with van der Waals surface area (Å²) in [4.78, 5) is 15.6. The van der Waals surface area contributed by atoms with E-state index in [0.717, 1.165) is 17.7 Å². The second-order valence-electron chi connectivity index (χ2n) is 3.67. The van der Waals surface area contributed by atoms with Gasteiger partial charge in [0.05, 0.1) is 0 Å². The van der Waals surface area contributed by atoms with Crippen molar-refractivity contribution >= 4 is 11.5 Å². The summed E-state index contributed by atoms with van der Waals surface area (Å²) in [5.74, 6) is 0.366. The zero-order valence-corrected chi connectivity index (χ0v) is 8.23. The maximum Gasteiger partial charge on any atom is 0.135 e. The van der Waals surface area contributed by atoms with Crippen molar-refractivity contribution in [2.75, 3.05) is 6.54 Å². The van der Waals surface area contributed by atoms with Crippen molar-refractivity contribution in [3.63, 3.8) is 0 Å². The molecule has 1 aliphatic heterocycles. The topological polar surface area (TPSA) is 29.4 Å². The van der Waals surface area contributed by atoms with Gasteiger partial charge in [-0.25, -0.2) is 0 Å². The highest BCUT2D eigenvalue weighted by atomic mass is 16.1. The Balaban J connectivity index is 2.13. The minimum atomic E-state index is 0.116. The zero-order chi connectivity index (χ0) is 9.97. The maximum atomic E-state index is 11.1. The lowest BCUT2D eigenvalue weighted by molar-refractivity contribution is -0.120. The molecular weight excluding hydrogens is 174 g/mol. The van der Waals surface area contributed by atoms with E-state index in [9.17, 15) is 4.79 Å². The molecule has 0 aliphatic carbocycles. The number of benzene rings is 1. The van der Waals surface area contributed by atoms with Gasteiger partial charge in [-0.15, -0.1) is 0 Å². The van der Waals surface area contributed by atoms with Gasteiger partial charge >= 0.3 is 0 Å². The Hall–Kier alpha value is -1.44. The first-order valence-electron chi connectivity index (χ1n) is 4.86. The van der Waals surface area contributed by atoms with Gasteiger partial charge in [0.2, 0.25) is 0 Å². The number of hydrogen-bond donors (Lipinski definition) is 0. The normalized spacial score (nSPS) is 20.6. The Morgan fingerprint density at radius 3 is 2.64 bits per heavy atom. The highest BCUT2D eigenvalue weighted by Gasteiger charge is 2.22. The largest absolute Gasteiger partial charge is 0.300 e. The van der Waals surface area contributed by atoms with Crippen molar-refractivity contribution in [3.05, 3.63) is 35.9 Å². The van der Waals surface area contributed by atoms with E-state index in [-0.39, 0.29) is 11.7 Å². The number of hydrogen-bond acceptors (Lipinski definition) is 2. The van der Waals surface area contributed by atoms with Crippen LogP contribution in [0.4, 0.5) is 0 Å². The van der Waals surface area contributed by atoms with E-state index < -0.39 is 0 Å². The number of carbonyl (C=O) groups excluding carboxylic acids is 1. The Morgan fingerprint density at radius 2 is 2.07 bits per heavy atom. The van der Waals surface area contributed by atoms with Crippen LogP contribution in [0.2, 0.25) is 0 Å². The molecule has 72 valence electrons. The third-order valence-electron chi connectivity index (χ3n) is 2.62. The molecule has 1 aliphatic rings. The first kappa shape index (κ1) is 9.13. The fourth-order valence-electron chi connectivity index (χ4n) is 1.69. The fraction of sp³-hybridized carbons (Fsp3) is 0.333. The van der Waals surface area contributed by atoms with Gasteiger partial charge in [-0.2, -0.15) is 0 Å². The predicted molar refractivity (Wildman–Crippen MR) is 56.6 cm³/mol. The van der Waals surface area contributed by atoms with Gasteiger partial charge < -0.3 is 0 Å². The van der Waals surface area contributed by atoms with Crippen LogP contribution >= 0.6 is 0 Å². The van der Waals surface area contributed by atoms with Crippen LogP contribution in [0.1, 0.15) is 18.9 Å². The number of carbonyl (C=O) groups is 1. The van der Waals surface area contributed by atoms with Crippen LogP contribution in [0.5, 0.6) is 0 Å². The molecule has 0 fully saturated rings. The molecule has 2 rings (SSSR count). The number of rotatable bonds is 2. The fourth-order valence-corrected chi connectivity index (χ4v) is 1.69. The van der Waals surface area contributed by atoms with Crippen molar-refractivity contribution in [3.8, 4) is 0 Å². The summed E-state index contributed by atoms with van der Waals surface area (Å²) in [6.45, 7) is 2.31. The minimum absolute atomic E-state index is 0.116. The third-order valence-corrected chi connectivity index (χ3v) is 2.62. The molecule has 0 amide bonds. The van der Waals surface area contributed by atoms with E-state index in [1.54, 1.807) is 6.92 Å². The lowest BCUT2D eigenvalue weighted by Crippen LogP contribution is -2.11. The molecule has 0 radical (unpaired) electrons. The van der Waals surface area contributed by atoms with Crippen LogP contribution < -0.4 is 0 Å². The monoisotopic (exact) mass is 187 g/mol. The molecule has 0 aromatic heterocycles. The first-order valence-corrected chi connectivity index (χ1v) is 4.86. The maximum absolute atomic E-state index is 11.1. The standard InChI is InChI=1S/C12H13NO/c1-9(14)11-7-12(13-8-11)10-5-3-2-4-6-10/h2-6,11H,7-8H2,1H3. The number of nitrogens with zero attached hydrogens (tertiary/aromatic N) is 1. The van der Waals surface area contributed by atoms with Gasteiger partial charge in [-0.3, -0.25) is 9.79 Å². The van der Waals surface area contributed by atoms with E-state index in [0.29, 0.717) is 6.54 Å². The molecule has 1 atom stereocenters. The van der Waals surface area contributed by atoms with Crippen molar-refractivity contribution in [2.45, 2.75) is 13.3 Å². The molecule has 2 heteroatoms. The Bertz CT molecular complexity index is 367. The van der Waals surface area contributed by atoms with Crippen molar-refractivity contribution in [1.82, 2.24) is 0 Å². The molecule has 1 unspecified atom stereocenters. The molecule has 14 heavy (non-hydrogen) atoms. The molecule has 0 bridgehead atoms. The van der Waals surface area contributed by atoms with Crippen LogP contribution in [-0.4, -0.2) is 18.0 Å². The molecule has 1 aromatic rings. The van der Waals surface area contributed by atoms with E-state index in [4.69, 9.17) is 0 Å². The second kappa shape index (κ2) is 3.74. The Morgan fingerprint density at radius 1 is 1.36 bits per heavy atom. The van der Waals surface area contributed by atoms with Crippen molar-refractivity contribution in [1.29, 1.82) is 0 Å². The molecule has 1 heterocycles. The smallest absolute Gasteiger partial charge is 0.135 e.